The molecule has 11 heavy (non-hydrogen) atoms. The molecule has 0 aliphatic carbocycles. The van der Waals surface area contributed by atoms with Gasteiger partial charge in [-0.05, 0) is 25.0 Å². The summed E-state index contributed by atoms with van der Waals surface area (Å²) < 4.78 is 0. The number of thiol groups is 1. The molecule has 0 atom stereocenters. The van der Waals surface area contributed by atoms with Crippen molar-refractivity contribution in [2.24, 2.45) is 0 Å². The summed E-state index contributed by atoms with van der Waals surface area (Å²) in [6.07, 6.45) is 0. The minimum atomic E-state index is 0.0708. The molecule has 60 valence electrons. The Morgan fingerprint density at radius 2 is 2.00 bits per heavy atom. The SMILES string of the molecule is Cc1cc(C)c(S)c(CO)c1. The van der Waals surface area contributed by atoms with E-state index in [1.165, 1.54) is 5.56 Å². The van der Waals surface area contributed by atoms with E-state index in [0.717, 1.165) is 16.0 Å². The molecule has 0 aliphatic rings. The first-order valence-corrected chi connectivity index (χ1v) is 4.00. The molecule has 0 saturated carbocycles. The van der Waals surface area contributed by atoms with Crippen LogP contribution < -0.4 is 0 Å². The fourth-order valence-electron chi connectivity index (χ4n) is 1.17. The molecule has 0 aliphatic heterocycles. The van der Waals surface area contributed by atoms with E-state index in [9.17, 15) is 0 Å². The summed E-state index contributed by atoms with van der Waals surface area (Å²) in [4.78, 5) is 0.901. The minimum Gasteiger partial charge on any atom is -0.392 e. The molecule has 0 amide bonds. The normalized spacial score (nSPS) is 10.2. The van der Waals surface area contributed by atoms with Crippen LogP contribution in [0.1, 0.15) is 16.7 Å². The van der Waals surface area contributed by atoms with Gasteiger partial charge in [-0.15, -0.1) is 12.6 Å². The highest BCUT2D eigenvalue weighted by molar-refractivity contribution is 7.80. The largest absolute Gasteiger partial charge is 0.392 e. The smallest absolute Gasteiger partial charge is 0.0692 e. The van der Waals surface area contributed by atoms with Crippen LogP contribution in [0.4, 0.5) is 0 Å². The van der Waals surface area contributed by atoms with Gasteiger partial charge in [0, 0.05) is 4.90 Å². The van der Waals surface area contributed by atoms with Crippen molar-refractivity contribution in [1.29, 1.82) is 0 Å². The van der Waals surface area contributed by atoms with E-state index in [0.29, 0.717) is 0 Å². The molecule has 1 nitrogen and oxygen atoms in total. The number of rotatable bonds is 1. The topological polar surface area (TPSA) is 20.2 Å². The van der Waals surface area contributed by atoms with E-state index in [2.05, 4.69) is 18.7 Å². The maximum Gasteiger partial charge on any atom is 0.0692 e. The molecule has 1 N–H and O–H groups in total. The number of benzene rings is 1. The number of hydrogen-bond donors (Lipinski definition) is 2. The van der Waals surface area contributed by atoms with Gasteiger partial charge in [-0.2, -0.15) is 0 Å². The molecule has 1 aromatic rings. The summed E-state index contributed by atoms with van der Waals surface area (Å²) in [6, 6.07) is 4.01. The molecule has 0 heterocycles. The fourth-order valence-corrected chi connectivity index (χ4v) is 1.37. The van der Waals surface area contributed by atoms with Crippen LogP contribution in [0.15, 0.2) is 17.0 Å². The summed E-state index contributed by atoms with van der Waals surface area (Å²) in [7, 11) is 0. The van der Waals surface area contributed by atoms with Gasteiger partial charge in [-0.25, -0.2) is 0 Å². The molecule has 0 aromatic heterocycles. The summed E-state index contributed by atoms with van der Waals surface area (Å²) in [5.41, 5.74) is 3.20. The van der Waals surface area contributed by atoms with Crippen molar-refractivity contribution >= 4 is 12.6 Å². The second-order valence-corrected chi connectivity index (χ2v) is 3.19. The van der Waals surface area contributed by atoms with Crippen LogP contribution in [0.2, 0.25) is 0 Å². The van der Waals surface area contributed by atoms with E-state index in [1.54, 1.807) is 0 Å². The lowest BCUT2D eigenvalue weighted by Gasteiger charge is -2.06. The third kappa shape index (κ3) is 1.76. The zero-order valence-electron chi connectivity index (χ0n) is 6.76. The van der Waals surface area contributed by atoms with Crippen molar-refractivity contribution in [3.05, 3.63) is 28.8 Å². The van der Waals surface area contributed by atoms with Crippen LogP contribution in [0.3, 0.4) is 0 Å². The van der Waals surface area contributed by atoms with E-state index in [4.69, 9.17) is 5.11 Å². The average Bonchev–Trinajstić information content (AvgIpc) is 1.96. The first-order valence-electron chi connectivity index (χ1n) is 3.55. The molecular weight excluding hydrogens is 156 g/mol. The van der Waals surface area contributed by atoms with Crippen molar-refractivity contribution < 1.29 is 5.11 Å². The number of hydrogen-bond acceptors (Lipinski definition) is 2. The lowest BCUT2D eigenvalue weighted by molar-refractivity contribution is 0.278. The summed E-state index contributed by atoms with van der Waals surface area (Å²) in [6.45, 7) is 4.08. The molecule has 0 bridgehead atoms. The zero-order valence-corrected chi connectivity index (χ0v) is 7.65. The lowest BCUT2D eigenvalue weighted by Crippen LogP contribution is -1.90. The Hall–Kier alpha value is -0.470. The number of aryl methyl sites for hydroxylation is 2. The minimum absolute atomic E-state index is 0.0708. The molecule has 0 fully saturated rings. The summed E-state index contributed by atoms with van der Waals surface area (Å²) in [5, 5.41) is 8.92. The fraction of sp³-hybridized carbons (Fsp3) is 0.333. The first-order chi connectivity index (χ1) is 5.15. The molecule has 0 radical (unpaired) electrons. The van der Waals surface area contributed by atoms with Gasteiger partial charge in [-0.3, -0.25) is 0 Å². The molecule has 0 unspecified atom stereocenters. The second kappa shape index (κ2) is 3.28. The average molecular weight is 168 g/mol. The van der Waals surface area contributed by atoms with Crippen molar-refractivity contribution in [3.63, 3.8) is 0 Å². The van der Waals surface area contributed by atoms with Crippen LogP contribution in [0, 0.1) is 13.8 Å². The zero-order chi connectivity index (χ0) is 8.43. The van der Waals surface area contributed by atoms with E-state index >= 15 is 0 Å². The molecule has 2 heteroatoms. The first kappa shape index (κ1) is 8.62. The summed E-state index contributed by atoms with van der Waals surface area (Å²) in [5.74, 6) is 0. The molecular formula is C9H12OS. The van der Waals surface area contributed by atoms with Crippen molar-refractivity contribution in [3.8, 4) is 0 Å². The maximum atomic E-state index is 8.92. The van der Waals surface area contributed by atoms with Crippen LogP contribution >= 0.6 is 12.6 Å². The Labute approximate surface area is 72.5 Å². The van der Waals surface area contributed by atoms with Crippen LogP contribution in [-0.2, 0) is 6.61 Å². The van der Waals surface area contributed by atoms with Gasteiger partial charge >= 0.3 is 0 Å². The van der Waals surface area contributed by atoms with Gasteiger partial charge in [0.25, 0.3) is 0 Å². The highest BCUT2D eigenvalue weighted by atomic mass is 32.1. The van der Waals surface area contributed by atoms with Gasteiger partial charge in [0.2, 0.25) is 0 Å². The third-order valence-corrected chi connectivity index (χ3v) is 2.33. The van der Waals surface area contributed by atoms with Gasteiger partial charge in [0.05, 0.1) is 6.61 Å². The number of aliphatic hydroxyl groups is 1. The Morgan fingerprint density at radius 3 is 2.55 bits per heavy atom. The Bertz CT molecular complexity index is 269. The van der Waals surface area contributed by atoms with Crippen molar-refractivity contribution in [2.75, 3.05) is 0 Å². The molecule has 1 aromatic carbocycles. The highest BCUT2D eigenvalue weighted by Gasteiger charge is 2.00. The van der Waals surface area contributed by atoms with Crippen molar-refractivity contribution in [2.45, 2.75) is 25.3 Å². The highest BCUT2D eigenvalue weighted by Crippen LogP contribution is 2.20. The molecule has 1 rings (SSSR count). The van der Waals surface area contributed by atoms with Gasteiger partial charge in [-0.1, -0.05) is 17.7 Å². The van der Waals surface area contributed by atoms with Crippen LogP contribution in [0.25, 0.3) is 0 Å². The monoisotopic (exact) mass is 168 g/mol. The van der Waals surface area contributed by atoms with Crippen LogP contribution in [-0.4, -0.2) is 5.11 Å². The van der Waals surface area contributed by atoms with Gasteiger partial charge < -0.3 is 5.11 Å². The van der Waals surface area contributed by atoms with E-state index < -0.39 is 0 Å². The predicted octanol–water partition coefficient (Wildman–Crippen LogP) is 2.08. The van der Waals surface area contributed by atoms with Gasteiger partial charge in [0.1, 0.15) is 0 Å². The van der Waals surface area contributed by atoms with E-state index in [-0.39, 0.29) is 6.61 Å². The Balaban J connectivity index is 3.24. The summed E-state index contributed by atoms with van der Waals surface area (Å²) >= 11 is 4.28. The third-order valence-electron chi connectivity index (χ3n) is 1.69. The number of aliphatic hydroxyl groups excluding tert-OH is 1. The standard InChI is InChI=1S/C9H12OS/c1-6-3-7(2)9(11)8(4-6)5-10/h3-4,10-11H,5H2,1-2H3. The maximum absolute atomic E-state index is 8.92. The second-order valence-electron chi connectivity index (χ2n) is 2.75. The quantitative estimate of drug-likeness (QED) is 0.615. The Morgan fingerprint density at radius 1 is 1.36 bits per heavy atom. The van der Waals surface area contributed by atoms with Gasteiger partial charge in [0.15, 0.2) is 0 Å². The van der Waals surface area contributed by atoms with Crippen LogP contribution in [0.5, 0.6) is 0 Å². The Kier molecular flexibility index (Phi) is 2.58. The lowest BCUT2D eigenvalue weighted by atomic mass is 10.1. The van der Waals surface area contributed by atoms with Crippen molar-refractivity contribution in [1.82, 2.24) is 0 Å². The molecule has 0 spiro atoms. The van der Waals surface area contributed by atoms with E-state index in [1.807, 2.05) is 19.9 Å². The predicted molar refractivity (Wildman–Crippen MR) is 49.1 cm³/mol. The molecule has 0 saturated heterocycles.